The van der Waals surface area contributed by atoms with Crippen molar-refractivity contribution in [2.75, 3.05) is 20.7 Å². The fraction of sp³-hybridized carbons (Fsp3) is 0.600. The summed E-state index contributed by atoms with van der Waals surface area (Å²) in [6.45, 7) is 17.0. The number of hydrogen-bond acceptors (Lipinski definition) is 6. The molecule has 39 heavy (non-hydrogen) atoms. The van der Waals surface area contributed by atoms with Crippen LogP contribution in [0.3, 0.4) is 0 Å². The van der Waals surface area contributed by atoms with E-state index in [2.05, 4.69) is 10.6 Å². The van der Waals surface area contributed by atoms with E-state index >= 15 is 0 Å². The zero-order valence-electron chi connectivity index (χ0n) is 25.3. The number of likely N-dealkylation sites (N-methyl/N-ethyl adjacent to an activating group) is 2. The summed E-state index contributed by atoms with van der Waals surface area (Å²) in [5, 5.41) is 15.3. The standard InChI is InChI=1S/C30H47N3O6/c1-12-39-28(38)19(4)17-22(18(2)3)33(11)26(35)24(29(5,6)7)32-25(34)23(31-10)30(8,9)21-15-13-20(14-16-21)27(36)37/h13-18,22-24,31H,12H2,1-11H3,(H,32,34)(H,36,37)/b19-17+/t22-,23-,24-/m1/s1. The van der Waals surface area contributed by atoms with Gasteiger partial charge in [-0.25, -0.2) is 9.59 Å². The van der Waals surface area contributed by atoms with E-state index in [0.717, 1.165) is 5.56 Å². The van der Waals surface area contributed by atoms with E-state index in [-0.39, 0.29) is 29.9 Å². The summed E-state index contributed by atoms with van der Waals surface area (Å²) in [7, 11) is 3.35. The number of nitrogens with zero attached hydrogens (tertiary/aromatic N) is 1. The fourth-order valence-corrected chi connectivity index (χ4v) is 4.57. The number of carboxylic acid groups (broad SMARTS) is 1. The van der Waals surface area contributed by atoms with Crippen LogP contribution in [0, 0.1) is 11.3 Å². The van der Waals surface area contributed by atoms with Crippen molar-refractivity contribution < 1.29 is 29.0 Å². The molecular formula is C30H47N3O6. The van der Waals surface area contributed by atoms with Crippen LogP contribution >= 0.6 is 0 Å². The van der Waals surface area contributed by atoms with Crippen LogP contribution in [-0.2, 0) is 24.5 Å². The maximum Gasteiger partial charge on any atom is 0.335 e. The first-order chi connectivity index (χ1) is 17.9. The largest absolute Gasteiger partial charge is 0.478 e. The van der Waals surface area contributed by atoms with Crippen LogP contribution in [0.4, 0.5) is 0 Å². The van der Waals surface area contributed by atoms with Gasteiger partial charge in [-0.1, -0.05) is 66.7 Å². The molecule has 0 bridgehead atoms. The quantitative estimate of drug-likeness (QED) is 0.270. The van der Waals surface area contributed by atoms with Gasteiger partial charge in [0, 0.05) is 18.0 Å². The van der Waals surface area contributed by atoms with Gasteiger partial charge in [0.05, 0.1) is 24.3 Å². The summed E-state index contributed by atoms with van der Waals surface area (Å²) in [5.74, 6) is -2.09. The molecule has 0 saturated heterocycles. The topological polar surface area (TPSA) is 125 Å². The highest BCUT2D eigenvalue weighted by Crippen LogP contribution is 2.29. The Bertz CT molecular complexity index is 1050. The first-order valence-electron chi connectivity index (χ1n) is 13.3. The Labute approximate surface area is 233 Å². The Morgan fingerprint density at radius 2 is 1.56 bits per heavy atom. The van der Waals surface area contributed by atoms with Crippen LogP contribution in [0.1, 0.15) is 78.2 Å². The van der Waals surface area contributed by atoms with E-state index < -0.39 is 40.9 Å². The van der Waals surface area contributed by atoms with E-state index in [1.54, 1.807) is 51.1 Å². The van der Waals surface area contributed by atoms with Gasteiger partial charge in [-0.3, -0.25) is 9.59 Å². The van der Waals surface area contributed by atoms with Gasteiger partial charge in [0.2, 0.25) is 11.8 Å². The van der Waals surface area contributed by atoms with Gasteiger partial charge in [0.15, 0.2) is 0 Å². The number of benzene rings is 1. The van der Waals surface area contributed by atoms with Gasteiger partial charge in [-0.2, -0.15) is 0 Å². The van der Waals surface area contributed by atoms with Gasteiger partial charge in [0.25, 0.3) is 0 Å². The molecular weight excluding hydrogens is 498 g/mol. The van der Waals surface area contributed by atoms with E-state index in [4.69, 9.17) is 4.74 Å². The Morgan fingerprint density at radius 1 is 1.03 bits per heavy atom. The second-order valence-corrected chi connectivity index (χ2v) is 11.9. The molecule has 2 amide bonds. The van der Waals surface area contributed by atoms with Crippen LogP contribution in [0.2, 0.25) is 0 Å². The molecule has 0 aliphatic rings. The summed E-state index contributed by atoms with van der Waals surface area (Å²) >= 11 is 0. The van der Waals surface area contributed by atoms with E-state index in [1.807, 2.05) is 48.5 Å². The molecule has 3 N–H and O–H groups in total. The lowest BCUT2D eigenvalue weighted by molar-refractivity contribution is -0.141. The third-order valence-electron chi connectivity index (χ3n) is 7.04. The molecule has 1 aromatic carbocycles. The summed E-state index contributed by atoms with van der Waals surface area (Å²) in [5.41, 5.74) is 0.00402. The number of esters is 1. The number of hydrogen-bond donors (Lipinski definition) is 3. The van der Waals surface area contributed by atoms with Crippen LogP contribution in [-0.4, -0.2) is 72.6 Å². The summed E-state index contributed by atoms with van der Waals surface area (Å²) in [6.07, 6.45) is 1.74. The first kappa shape index (κ1) is 33.8. The molecule has 0 unspecified atom stereocenters. The predicted octanol–water partition coefficient (Wildman–Crippen LogP) is 3.77. The zero-order chi connectivity index (χ0) is 30.3. The number of aromatic carboxylic acids is 1. The maximum absolute atomic E-state index is 13.9. The fourth-order valence-electron chi connectivity index (χ4n) is 4.57. The van der Waals surface area contributed by atoms with Crippen molar-refractivity contribution in [1.82, 2.24) is 15.5 Å². The highest BCUT2D eigenvalue weighted by Gasteiger charge is 2.41. The number of ether oxygens (including phenoxy) is 1. The molecule has 0 aliphatic carbocycles. The van der Waals surface area contributed by atoms with Crippen molar-refractivity contribution in [3.63, 3.8) is 0 Å². The molecule has 1 rings (SSSR count). The molecule has 0 spiro atoms. The molecule has 0 radical (unpaired) electrons. The van der Waals surface area contributed by atoms with Gasteiger partial charge < -0.3 is 25.4 Å². The van der Waals surface area contributed by atoms with Gasteiger partial charge >= 0.3 is 11.9 Å². The Balaban J connectivity index is 3.32. The smallest absolute Gasteiger partial charge is 0.335 e. The number of carbonyl (C=O) groups is 4. The lowest BCUT2D eigenvalue weighted by Crippen LogP contribution is -2.61. The summed E-state index contributed by atoms with van der Waals surface area (Å²) in [4.78, 5) is 52.6. The number of rotatable bonds is 12. The second kappa shape index (κ2) is 13.7. The van der Waals surface area contributed by atoms with Crippen molar-refractivity contribution in [2.24, 2.45) is 11.3 Å². The van der Waals surface area contributed by atoms with E-state index in [0.29, 0.717) is 5.57 Å². The van der Waals surface area contributed by atoms with Crippen molar-refractivity contribution in [2.45, 2.75) is 85.9 Å². The van der Waals surface area contributed by atoms with Gasteiger partial charge in [-0.15, -0.1) is 0 Å². The second-order valence-electron chi connectivity index (χ2n) is 11.9. The number of carboxylic acids is 1. The number of nitrogens with one attached hydrogen (secondary N) is 2. The molecule has 218 valence electrons. The SMILES string of the molecule is CCOC(=O)/C(C)=C/[C@H](C(C)C)N(C)C(=O)[C@@H](NC(=O)[C@@H](NC)C(C)(C)c1ccc(C(=O)O)cc1)C(C)(C)C. The average molecular weight is 546 g/mol. The van der Waals surface area contributed by atoms with Crippen LogP contribution in [0.5, 0.6) is 0 Å². The van der Waals surface area contributed by atoms with E-state index in [1.165, 1.54) is 12.1 Å². The lowest BCUT2D eigenvalue weighted by Gasteiger charge is -2.40. The molecule has 0 fully saturated rings. The maximum atomic E-state index is 13.9. The lowest BCUT2D eigenvalue weighted by atomic mass is 9.76. The molecule has 3 atom stereocenters. The Morgan fingerprint density at radius 3 is 1.97 bits per heavy atom. The minimum atomic E-state index is -1.02. The zero-order valence-corrected chi connectivity index (χ0v) is 25.3. The minimum Gasteiger partial charge on any atom is -0.478 e. The molecule has 0 aromatic heterocycles. The number of carbonyl (C=O) groups excluding carboxylic acids is 3. The average Bonchev–Trinajstić information content (AvgIpc) is 2.84. The molecule has 0 saturated carbocycles. The molecule has 0 aliphatic heterocycles. The van der Waals surface area contributed by atoms with Crippen molar-refractivity contribution in [1.29, 1.82) is 0 Å². The molecule has 9 nitrogen and oxygen atoms in total. The van der Waals surface area contributed by atoms with Gasteiger partial charge in [0.1, 0.15) is 6.04 Å². The molecule has 9 heteroatoms. The highest BCUT2D eigenvalue weighted by molar-refractivity contribution is 5.92. The monoisotopic (exact) mass is 545 g/mol. The molecule has 0 heterocycles. The Hall–Kier alpha value is -3.20. The normalized spacial score (nSPS) is 14.8. The summed E-state index contributed by atoms with van der Waals surface area (Å²) in [6, 6.07) is 4.46. The van der Waals surface area contributed by atoms with Gasteiger partial charge in [-0.05, 0) is 49.9 Å². The minimum absolute atomic E-state index is 0.00240. The van der Waals surface area contributed by atoms with Crippen molar-refractivity contribution in [3.8, 4) is 0 Å². The van der Waals surface area contributed by atoms with Crippen molar-refractivity contribution in [3.05, 3.63) is 47.0 Å². The molecule has 1 aromatic rings. The third kappa shape index (κ3) is 8.65. The van der Waals surface area contributed by atoms with Crippen molar-refractivity contribution >= 4 is 23.8 Å². The van der Waals surface area contributed by atoms with Crippen LogP contribution in [0.15, 0.2) is 35.9 Å². The third-order valence-corrected chi connectivity index (χ3v) is 7.04. The Kier molecular flexibility index (Phi) is 11.9. The highest BCUT2D eigenvalue weighted by atomic mass is 16.5. The van der Waals surface area contributed by atoms with E-state index in [9.17, 15) is 24.3 Å². The number of amides is 2. The first-order valence-corrected chi connectivity index (χ1v) is 13.3. The summed E-state index contributed by atoms with van der Waals surface area (Å²) < 4.78 is 5.10. The van der Waals surface area contributed by atoms with Crippen LogP contribution < -0.4 is 10.6 Å². The predicted molar refractivity (Wildman–Crippen MR) is 152 cm³/mol. The van der Waals surface area contributed by atoms with Crippen LogP contribution in [0.25, 0.3) is 0 Å².